The highest BCUT2D eigenvalue weighted by Gasteiger charge is 2.27. The van der Waals surface area contributed by atoms with Crippen molar-refractivity contribution in [3.8, 4) is 0 Å². The van der Waals surface area contributed by atoms with E-state index < -0.39 is 4.92 Å². The quantitative estimate of drug-likeness (QED) is 0.599. The van der Waals surface area contributed by atoms with E-state index in [0.717, 1.165) is 25.9 Å². The van der Waals surface area contributed by atoms with Crippen LogP contribution in [0.2, 0.25) is 0 Å². The molecule has 1 saturated heterocycles. The van der Waals surface area contributed by atoms with E-state index in [1.165, 1.54) is 6.20 Å². The van der Waals surface area contributed by atoms with Gasteiger partial charge >= 0.3 is 5.82 Å². The van der Waals surface area contributed by atoms with E-state index in [1.807, 2.05) is 0 Å². The highest BCUT2D eigenvalue weighted by Crippen LogP contribution is 2.26. The van der Waals surface area contributed by atoms with Gasteiger partial charge in [0, 0.05) is 26.4 Å². The van der Waals surface area contributed by atoms with Gasteiger partial charge in [0.1, 0.15) is 6.20 Å². The summed E-state index contributed by atoms with van der Waals surface area (Å²) in [4.78, 5) is 25.9. The summed E-state index contributed by atoms with van der Waals surface area (Å²) < 4.78 is 1.64. The summed E-state index contributed by atoms with van der Waals surface area (Å²) >= 11 is 0. The molecule has 1 aromatic heterocycles. The first-order chi connectivity index (χ1) is 10.4. The first-order valence-electron chi connectivity index (χ1n) is 7.55. The van der Waals surface area contributed by atoms with E-state index in [2.05, 4.69) is 22.5 Å². The highest BCUT2D eigenvalue weighted by atomic mass is 35.5. The van der Waals surface area contributed by atoms with E-state index >= 15 is 0 Å². The molecule has 0 saturated carbocycles. The average Bonchev–Trinajstić information content (AvgIpc) is 2.85. The fourth-order valence-corrected chi connectivity index (χ4v) is 2.64. The van der Waals surface area contributed by atoms with Crippen LogP contribution in [0.25, 0.3) is 0 Å². The van der Waals surface area contributed by atoms with Crippen molar-refractivity contribution in [2.24, 2.45) is 5.41 Å². The molecule has 1 aliphatic heterocycles. The van der Waals surface area contributed by atoms with Gasteiger partial charge in [0.05, 0.1) is 0 Å². The zero-order valence-corrected chi connectivity index (χ0v) is 14.3. The Bertz CT molecular complexity index is 555. The number of amides is 1. The number of nitro groups is 1. The molecule has 1 fully saturated rings. The van der Waals surface area contributed by atoms with Crippen molar-refractivity contribution in [3.05, 3.63) is 22.1 Å². The van der Waals surface area contributed by atoms with Gasteiger partial charge < -0.3 is 25.3 Å². The first kappa shape index (κ1) is 19.4. The lowest BCUT2D eigenvalue weighted by Gasteiger charge is -2.34. The van der Waals surface area contributed by atoms with Gasteiger partial charge in [0.25, 0.3) is 0 Å². The molecule has 0 spiro atoms. The molecule has 2 rings (SSSR count). The molecule has 1 amide bonds. The molecule has 1 aromatic rings. The molecule has 8 nitrogen and oxygen atoms in total. The summed E-state index contributed by atoms with van der Waals surface area (Å²) in [6.45, 7) is 6.94. The van der Waals surface area contributed by atoms with Gasteiger partial charge in [-0.15, -0.1) is 12.4 Å². The zero-order valence-electron chi connectivity index (χ0n) is 13.5. The number of hydrogen-bond donors (Lipinski definition) is 2. The molecule has 0 bridgehead atoms. The van der Waals surface area contributed by atoms with Crippen LogP contribution >= 0.6 is 12.4 Å². The topological polar surface area (TPSA) is 102 Å². The number of aryl methyl sites for hydroxylation is 2. The Kier molecular flexibility index (Phi) is 6.96. The fourth-order valence-electron chi connectivity index (χ4n) is 2.64. The predicted octanol–water partition coefficient (Wildman–Crippen LogP) is 1.42. The maximum Gasteiger partial charge on any atom is 0.381 e. The van der Waals surface area contributed by atoms with Crippen molar-refractivity contribution in [3.63, 3.8) is 0 Å². The normalized spacial score (nSPS) is 16.4. The van der Waals surface area contributed by atoms with Crippen LogP contribution in [0, 0.1) is 22.5 Å². The zero-order chi connectivity index (χ0) is 16.2. The lowest BCUT2D eigenvalue weighted by Crippen LogP contribution is -2.43. The summed E-state index contributed by atoms with van der Waals surface area (Å²) in [7, 11) is 0. The number of piperidine rings is 1. The number of hydrogen-bond acceptors (Lipinski definition) is 5. The number of carbonyl (C=O) groups excluding carboxylic acids is 1. The van der Waals surface area contributed by atoms with Crippen molar-refractivity contribution in [1.82, 2.24) is 20.2 Å². The summed E-state index contributed by atoms with van der Waals surface area (Å²) in [6.07, 6.45) is 3.78. The van der Waals surface area contributed by atoms with Gasteiger partial charge in [0.15, 0.2) is 0 Å². The van der Waals surface area contributed by atoms with Gasteiger partial charge in [-0.05, 0) is 41.3 Å². The number of imidazole rings is 1. The molecule has 2 heterocycles. The largest absolute Gasteiger partial charge is 0.381 e. The third-order valence-electron chi connectivity index (χ3n) is 4.25. The first-order valence-corrected chi connectivity index (χ1v) is 7.55. The number of carbonyl (C=O) groups is 1. The molecular formula is C14H24ClN5O3. The second-order valence-corrected chi connectivity index (χ2v) is 6.18. The Hall–Kier alpha value is -1.67. The van der Waals surface area contributed by atoms with E-state index in [0.29, 0.717) is 25.3 Å². The Morgan fingerprint density at radius 3 is 2.74 bits per heavy atom. The van der Waals surface area contributed by atoms with Crippen LogP contribution < -0.4 is 10.6 Å². The fraction of sp³-hybridized carbons (Fsp3) is 0.714. The molecule has 0 atom stereocenters. The van der Waals surface area contributed by atoms with Gasteiger partial charge in [-0.3, -0.25) is 4.79 Å². The van der Waals surface area contributed by atoms with Crippen LogP contribution in [0.3, 0.4) is 0 Å². The number of halogens is 1. The molecule has 1 aliphatic rings. The second kappa shape index (κ2) is 8.26. The number of nitrogens with zero attached hydrogens (tertiary/aromatic N) is 3. The SMILES string of the molecule is Cc1nc([N+](=O)[O-])cn1CCC(=O)NCC1(C)CCNCC1.Cl. The van der Waals surface area contributed by atoms with Crippen LogP contribution in [0.5, 0.6) is 0 Å². The number of nitrogens with one attached hydrogen (secondary N) is 2. The predicted molar refractivity (Wildman–Crippen MR) is 88.7 cm³/mol. The third-order valence-corrected chi connectivity index (χ3v) is 4.25. The number of aromatic nitrogens is 2. The molecule has 23 heavy (non-hydrogen) atoms. The lowest BCUT2D eigenvalue weighted by atomic mass is 9.81. The Morgan fingerprint density at radius 1 is 1.52 bits per heavy atom. The lowest BCUT2D eigenvalue weighted by molar-refractivity contribution is -0.389. The Labute approximate surface area is 141 Å². The summed E-state index contributed by atoms with van der Waals surface area (Å²) in [6, 6.07) is 0. The minimum atomic E-state index is -0.526. The summed E-state index contributed by atoms with van der Waals surface area (Å²) in [5, 5.41) is 17.0. The maximum absolute atomic E-state index is 12.0. The van der Waals surface area contributed by atoms with Crippen LogP contribution in [0.1, 0.15) is 32.0 Å². The van der Waals surface area contributed by atoms with E-state index in [9.17, 15) is 14.9 Å². The molecular weight excluding hydrogens is 322 g/mol. The highest BCUT2D eigenvalue weighted by molar-refractivity contribution is 5.85. The van der Waals surface area contributed by atoms with Crippen LogP contribution in [0.4, 0.5) is 5.82 Å². The minimum absolute atomic E-state index is 0. The number of rotatable bonds is 6. The molecule has 0 radical (unpaired) electrons. The third kappa shape index (κ3) is 5.47. The van der Waals surface area contributed by atoms with Crippen LogP contribution in [-0.4, -0.2) is 40.0 Å². The smallest absolute Gasteiger partial charge is 0.358 e. The molecule has 0 aliphatic carbocycles. The second-order valence-electron chi connectivity index (χ2n) is 6.18. The maximum atomic E-state index is 12.0. The van der Waals surface area contributed by atoms with Gasteiger partial charge in [-0.2, -0.15) is 0 Å². The summed E-state index contributed by atoms with van der Waals surface area (Å²) in [5.41, 5.74) is 0.157. The Balaban J connectivity index is 0.00000264. The molecule has 2 N–H and O–H groups in total. The van der Waals surface area contributed by atoms with Crippen molar-refractivity contribution < 1.29 is 9.72 Å². The van der Waals surface area contributed by atoms with E-state index in [4.69, 9.17) is 0 Å². The van der Waals surface area contributed by atoms with Gasteiger partial charge in [-0.25, -0.2) is 0 Å². The molecule has 9 heteroatoms. The average molecular weight is 346 g/mol. The molecule has 0 unspecified atom stereocenters. The van der Waals surface area contributed by atoms with E-state index in [-0.39, 0.29) is 29.5 Å². The monoisotopic (exact) mass is 345 g/mol. The van der Waals surface area contributed by atoms with Crippen LogP contribution in [0.15, 0.2) is 6.20 Å². The van der Waals surface area contributed by atoms with Crippen molar-refractivity contribution in [2.45, 2.75) is 39.7 Å². The van der Waals surface area contributed by atoms with Gasteiger partial charge in [-0.1, -0.05) is 6.92 Å². The molecule has 130 valence electrons. The molecule has 0 aromatic carbocycles. The Morgan fingerprint density at radius 2 is 2.17 bits per heavy atom. The minimum Gasteiger partial charge on any atom is -0.358 e. The van der Waals surface area contributed by atoms with Crippen molar-refractivity contribution >= 4 is 24.1 Å². The standard InChI is InChI=1S/C14H23N5O3.ClH/c1-11-17-12(19(21)22)9-18(11)8-3-13(20)16-10-14(2)4-6-15-7-5-14;/h9,15H,3-8,10H2,1-2H3,(H,16,20);1H. The van der Waals surface area contributed by atoms with E-state index in [1.54, 1.807) is 11.5 Å². The van der Waals surface area contributed by atoms with Gasteiger partial charge in [0.2, 0.25) is 11.7 Å². The summed E-state index contributed by atoms with van der Waals surface area (Å²) in [5.74, 6) is 0.334. The van der Waals surface area contributed by atoms with Crippen molar-refractivity contribution in [1.29, 1.82) is 0 Å². The van der Waals surface area contributed by atoms with Crippen molar-refractivity contribution in [2.75, 3.05) is 19.6 Å². The van der Waals surface area contributed by atoms with Crippen LogP contribution in [-0.2, 0) is 11.3 Å².